The monoisotopic (exact) mass is 266 g/mol. The Morgan fingerprint density at radius 3 is 2.20 bits per heavy atom. The normalized spacial score (nSPS) is 19.3. The van der Waals surface area contributed by atoms with Crippen molar-refractivity contribution < 1.29 is 9.59 Å². The van der Waals surface area contributed by atoms with Crippen molar-refractivity contribution in [3.8, 4) is 0 Å². The van der Waals surface area contributed by atoms with Crippen LogP contribution in [0.15, 0.2) is 42.5 Å². The third kappa shape index (κ3) is 1.87. The van der Waals surface area contributed by atoms with Crippen molar-refractivity contribution in [3.63, 3.8) is 0 Å². The van der Waals surface area contributed by atoms with E-state index in [1.54, 1.807) is 0 Å². The zero-order valence-electron chi connectivity index (χ0n) is 11.8. The molecular formula is C18H18O2. The van der Waals surface area contributed by atoms with Gasteiger partial charge in [0.25, 0.3) is 0 Å². The van der Waals surface area contributed by atoms with E-state index in [4.69, 9.17) is 0 Å². The van der Waals surface area contributed by atoms with E-state index in [2.05, 4.69) is 30.4 Å². The van der Waals surface area contributed by atoms with Crippen LogP contribution in [0.5, 0.6) is 0 Å². The fourth-order valence-corrected chi connectivity index (χ4v) is 3.30. The summed E-state index contributed by atoms with van der Waals surface area (Å²) in [4.78, 5) is 24.0. The molecule has 1 aromatic carbocycles. The van der Waals surface area contributed by atoms with Crippen LogP contribution < -0.4 is 0 Å². The highest BCUT2D eigenvalue weighted by molar-refractivity contribution is 6.06. The second kappa shape index (κ2) is 4.55. The summed E-state index contributed by atoms with van der Waals surface area (Å²) < 4.78 is 0. The van der Waals surface area contributed by atoms with Crippen LogP contribution >= 0.6 is 0 Å². The molecule has 0 bridgehead atoms. The SMILES string of the molecule is CC(=O)C1(C(C)=O)Cc2ccc(C3C=CC=C3)cc2C1. The molecule has 0 radical (unpaired) electrons. The number of ketones is 2. The molecule has 0 N–H and O–H groups in total. The van der Waals surface area contributed by atoms with Crippen LogP contribution in [0.3, 0.4) is 0 Å². The Bertz CT molecular complexity index is 623. The fraction of sp³-hybridized carbons (Fsp3) is 0.333. The Labute approximate surface area is 119 Å². The maximum atomic E-state index is 12.0. The molecule has 2 heteroatoms. The van der Waals surface area contributed by atoms with Gasteiger partial charge < -0.3 is 0 Å². The first-order valence-corrected chi connectivity index (χ1v) is 7.02. The molecule has 20 heavy (non-hydrogen) atoms. The zero-order valence-corrected chi connectivity index (χ0v) is 11.8. The van der Waals surface area contributed by atoms with Gasteiger partial charge in [0, 0.05) is 5.92 Å². The van der Waals surface area contributed by atoms with Gasteiger partial charge >= 0.3 is 0 Å². The second-order valence-electron chi connectivity index (χ2n) is 5.87. The molecule has 1 aromatic rings. The molecule has 0 saturated heterocycles. The molecule has 0 saturated carbocycles. The van der Waals surface area contributed by atoms with E-state index >= 15 is 0 Å². The molecule has 0 amide bonds. The first kappa shape index (κ1) is 13.0. The van der Waals surface area contributed by atoms with Crippen molar-refractivity contribution in [2.24, 2.45) is 5.41 Å². The van der Waals surface area contributed by atoms with Gasteiger partial charge in [0.1, 0.15) is 11.6 Å². The standard InChI is InChI=1S/C18H18O2/c1-12(19)18(13(2)20)10-16-8-7-15(9-17(16)11-18)14-5-3-4-6-14/h3-9,14H,10-11H2,1-2H3. The van der Waals surface area contributed by atoms with Crippen LogP contribution in [0.1, 0.15) is 36.5 Å². The molecule has 0 heterocycles. The van der Waals surface area contributed by atoms with Crippen LogP contribution in [0, 0.1) is 5.41 Å². The lowest BCUT2D eigenvalue weighted by Crippen LogP contribution is -2.37. The lowest BCUT2D eigenvalue weighted by Gasteiger charge is -2.21. The van der Waals surface area contributed by atoms with Gasteiger partial charge in [-0.2, -0.15) is 0 Å². The molecule has 2 nitrogen and oxygen atoms in total. The fourth-order valence-electron chi connectivity index (χ4n) is 3.30. The highest BCUT2D eigenvalue weighted by Gasteiger charge is 2.45. The van der Waals surface area contributed by atoms with Crippen molar-refractivity contribution in [2.75, 3.05) is 0 Å². The predicted molar refractivity (Wildman–Crippen MR) is 78.7 cm³/mol. The summed E-state index contributed by atoms with van der Waals surface area (Å²) in [6, 6.07) is 6.35. The van der Waals surface area contributed by atoms with E-state index < -0.39 is 5.41 Å². The smallest absolute Gasteiger partial charge is 0.144 e. The largest absolute Gasteiger partial charge is 0.299 e. The van der Waals surface area contributed by atoms with E-state index in [9.17, 15) is 9.59 Å². The van der Waals surface area contributed by atoms with E-state index in [0.717, 1.165) is 11.1 Å². The summed E-state index contributed by atoms with van der Waals surface area (Å²) in [6.45, 7) is 3.08. The van der Waals surface area contributed by atoms with Gasteiger partial charge in [-0.25, -0.2) is 0 Å². The Hall–Kier alpha value is -1.96. The molecule has 2 aliphatic carbocycles. The van der Waals surface area contributed by atoms with Gasteiger partial charge in [-0.3, -0.25) is 9.59 Å². The lowest BCUT2D eigenvalue weighted by atomic mass is 9.77. The van der Waals surface area contributed by atoms with E-state index in [1.807, 2.05) is 12.2 Å². The maximum absolute atomic E-state index is 12.0. The number of carbonyl (C=O) groups excluding carboxylic acids is 2. The molecule has 0 atom stereocenters. The first-order chi connectivity index (χ1) is 9.53. The summed E-state index contributed by atoms with van der Waals surface area (Å²) in [5.74, 6) is 0.303. The number of rotatable bonds is 3. The Kier molecular flexibility index (Phi) is 2.97. The summed E-state index contributed by atoms with van der Waals surface area (Å²) in [5, 5.41) is 0. The number of fused-ring (bicyclic) bond motifs is 1. The Morgan fingerprint density at radius 1 is 1.00 bits per heavy atom. The number of carbonyl (C=O) groups is 2. The van der Waals surface area contributed by atoms with Gasteiger partial charge in [-0.15, -0.1) is 0 Å². The molecule has 0 fully saturated rings. The van der Waals surface area contributed by atoms with Gasteiger partial charge in [0.05, 0.1) is 5.41 Å². The Balaban J connectivity index is 1.97. The number of hydrogen-bond donors (Lipinski definition) is 0. The number of hydrogen-bond acceptors (Lipinski definition) is 2. The van der Waals surface area contributed by atoms with Crippen LogP contribution in [0.25, 0.3) is 0 Å². The highest BCUT2D eigenvalue weighted by atomic mass is 16.2. The Morgan fingerprint density at radius 2 is 1.60 bits per heavy atom. The molecule has 0 unspecified atom stereocenters. The van der Waals surface area contributed by atoms with Gasteiger partial charge in [0.15, 0.2) is 0 Å². The van der Waals surface area contributed by atoms with Gasteiger partial charge in [-0.1, -0.05) is 42.5 Å². The molecule has 0 aromatic heterocycles. The van der Waals surface area contributed by atoms with Crippen molar-refractivity contribution in [1.29, 1.82) is 0 Å². The van der Waals surface area contributed by atoms with Crippen LogP contribution in [-0.2, 0) is 22.4 Å². The second-order valence-corrected chi connectivity index (χ2v) is 5.87. The summed E-state index contributed by atoms with van der Waals surface area (Å²) in [7, 11) is 0. The summed E-state index contributed by atoms with van der Waals surface area (Å²) in [5.41, 5.74) is 2.71. The van der Waals surface area contributed by atoms with E-state index in [1.165, 1.54) is 19.4 Å². The van der Waals surface area contributed by atoms with E-state index in [0.29, 0.717) is 18.8 Å². The molecule has 102 valence electrons. The van der Waals surface area contributed by atoms with Crippen LogP contribution in [0.2, 0.25) is 0 Å². The number of Topliss-reactive ketones (excluding diaryl/α,β-unsaturated/α-hetero) is 2. The van der Waals surface area contributed by atoms with Crippen molar-refractivity contribution in [2.45, 2.75) is 32.6 Å². The average molecular weight is 266 g/mol. The molecule has 2 aliphatic rings. The topological polar surface area (TPSA) is 34.1 Å². The van der Waals surface area contributed by atoms with E-state index in [-0.39, 0.29) is 11.6 Å². The molecule has 0 spiro atoms. The molecule has 3 rings (SSSR count). The molecular weight excluding hydrogens is 248 g/mol. The number of benzene rings is 1. The minimum absolute atomic E-state index is 0.0107. The third-order valence-corrected chi connectivity index (χ3v) is 4.70. The number of allylic oxidation sites excluding steroid dienone is 4. The third-order valence-electron chi connectivity index (χ3n) is 4.70. The zero-order chi connectivity index (χ0) is 14.3. The summed E-state index contributed by atoms with van der Waals surface area (Å²) in [6.07, 6.45) is 9.52. The minimum atomic E-state index is -0.817. The van der Waals surface area contributed by atoms with Gasteiger partial charge in [0.2, 0.25) is 0 Å². The highest BCUT2D eigenvalue weighted by Crippen LogP contribution is 2.40. The quantitative estimate of drug-likeness (QED) is 0.787. The average Bonchev–Trinajstić information content (AvgIpc) is 3.05. The van der Waals surface area contributed by atoms with Gasteiger partial charge in [-0.05, 0) is 43.4 Å². The molecule has 0 aliphatic heterocycles. The summed E-state index contributed by atoms with van der Waals surface area (Å²) >= 11 is 0. The van der Waals surface area contributed by atoms with Crippen molar-refractivity contribution in [1.82, 2.24) is 0 Å². The first-order valence-electron chi connectivity index (χ1n) is 7.02. The van der Waals surface area contributed by atoms with Crippen molar-refractivity contribution >= 4 is 11.6 Å². The van der Waals surface area contributed by atoms with Crippen molar-refractivity contribution in [3.05, 3.63) is 59.2 Å². The van der Waals surface area contributed by atoms with Crippen LogP contribution in [-0.4, -0.2) is 11.6 Å². The van der Waals surface area contributed by atoms with Crippen LogP contribution in [0.4, 0.5) is 0 Å². The minimum Gasteiger partial charge on any atom is -0.299 e. The lowest BCUT2D eigenvalue weighted by molar-refractivity contribution is -0.137. The predicted octanol–water partition coefficient (Wildman–Crippen LogP) is 3.16. The maximum Gasteiger partial charge on any atom is 0.144 e.